The molecule has 0 saturated carbocycles. The standard InChI is InChI=1S/C17H17N3O/c1-12-3-2-4-13(9-12)5-8-17(21)20-16-7-6-15(19)10-14(16)11-18/h2-4,6-7,9-10H,5,8,19H2,1H3,(H,20,21). The fraction of sp³-hybridized carbons (Fsp3) is 0.176. The highest BCUT2D eigenvalue weighted by Crippen LogP contribution is 2.18. The van der Waals surface area contributed by atoms with Crippen molar-refractivity contribution in [3.63, 3.8) is 0 Å². The van der Waals surface area contributed by atoms with Gasteiger partial charge < -0.3 is 11.1 Å². The number of nitrogens with two attached hydrogens (primary N) is 1. The fourth-order valence-electron chi connectivity index (χ4n) is 2.10. The van der Waals surface area contributed by atoms with Gasteiger partial charge in [-0.05, 0) is 37.1 Å². The van der Waals surface area contributed by atoms with Crippen molar-refractivity contribution in [3.05, 3.63) is 59.2 Å². The predicted octanol–water partition coefficient (Wildman–Crippen LogP) is 3.02. The van der Waals surface area contributed by atoms with E-state index in [0.717, 1.165) is 5.56 Å². The lowest BCUT2D eigenvalue weighted by atomic mass is 10.1. The Kier molecular flexibility index (Phi) is 4.57. The van der Waals surface area contributed by atoms with Crippen LogP contribution in [0.2, 0.25) is 0 Å². The molecule has 0 unspecified atom stereocenters. The first-order valence-electron chi connectivity index (χ1n) is 6.73. The second-order valence-corrected chi connectivity index (χ2v) is 4.95. The third-order valence-corrected chi connectivity index (χ3v) is 3.16. The van der Waals surface area contributed by atoms with Gasteiger partial charge in [-0.15, -0.1) is 0 Å². The number of hydrogen-bond donors (Lipinski definition) is 2. The molecule has 4 nitrogen and oxygen atoms in total. The van der Waals surface area contributed by atoms with E-state index in [0.29, 0.717) is 29.8 Å². The lowest BCUT2D eigenvalue weighted by Crippen LogP contribution is -2.13. The molecule has 0 atom stereocenters. The molecule has 0 aliphatic rings. The molecule has 0 spiro atoms. The number of aryl methyl sites for hydroxylation is 2. The number of hydrogen-bond acceptors (Lipinski definition) is 3. The third kappa shape index (κ3) is 4.08. The fourth-order valence-corrected chi connectivity index (χ4v) is 2.10. The average Bonchev–Trinajstić information content (AvgIpc) is 2.47. The molecule has 0 aliphatic heterocycles. The predicted molar refractivity (Wildman–Crippen MR) is 83.7 cm³/mol. The van der Waals surface area contributed by atoms with Crippen molar-refractivity contribution >= 4 is 17.3 Å². The first-order valence-corrected chi connectivity index (χ1v) is 6.73. The minimum absolute atomic E-state index is 0.113. The monoisotopic (exact) mass is 279 g/mol. The second kappa shape index (κ2) is 6.58. The highest BCUT2D eigenvalue weighted by molar-refractivity contribution is 5.92. The van der Waals surface area contributed by atoms with Crippen molar-refractivity contribution < 1.29 is 4.79 Å². The van der Waals surface area contributed by atoms with Gasteiger partial charge in [-0.1, -0.05) is 29.8 Å². The van der Waals surface area contributed by atoms with E-state index < -0.39 is 0 Å². The number of carbonyl (C=O) groups excluding carboxylic acids is 1. The lowest BCUT2D eigenvalue weighted by Gasteiger charge is -2.08. The number of nitrogen functional groups attached to an aromatic ring is 1. The maximum absolute atomic E-state index is 12.0. The highest BCUT2D eigenvalue weighted by Gasteiger charge is 2.07. The Bertz CT molecular complexity index is 701. The molecule has 2 aromatic carbocycles. The lowest BCUT2D eigenvalue weighted by molar-refractivity contribution is -0.116. The SMILES string of the molecule is Cc1cccc(CCC(=O)Nc2ccc(N)cc2C#N)c1. The molecule has 2 rings (SSSR count). The van der Waals surface area contributed by atoms with E-state index in [9.17, 15) is 4.79 Å². The van der Waals surface area contributed by atoms with E-state index in [1.165, 1.54) is 5.56 Å². The third-order valence-electron chi connectivity index (χ3n) is 3.16. The Morgan fingerprint density at radius 1 is 1.29 bits per heavy atom. The van der Waals surface area contributed by atoms with Crippen LogP contribution in [-0.2, 0) is 11.2 Å². The van der Waals surface area contributed by atoms with Crippen molar-refractivity contribution in [3.8, 4) is 6.07 Å². The van der Waals surface area contributed by atoms with E-state index in [-0.39, 0.29) is 5.91 Å². The summed E-state index contributed by atoms with van der Waals surface area (Å²) >= 11 is 0. The van der Waals surface area contributed by atoms with Crippen LogP contribution in [-0.4, -0.2) is 5.91 Å². The van der Waals surface area contributed by atoms with E-state index in [1.54, 1.807) is 18.2 Å². The van der Waals surface area contributed by atoms with Crippen LogP contribution in [0.1, 0.15) is 23.1 Å². The molecule has 2 aromatic rings. The molecular formula is C17H17N3O. The number of benzene rings is 2. The number of nitriles is 1. The Labute approximate surface area is 124 Å². The molecule has 0 aromatic heterocycles. The maximum Gasteiger partial charge on any atom is 0.224 e. The van der Waals surface area contributed by atoms with E-state index in [2.05, 4.69) is 11.4 Å². The Balaban J connectivity index is 1.98. The van der Waals surface area contributed by atoms with Crippen LogP contribution in [0.25, 0.3) is 0 Å². The summed E-state index contributed by atoms with van der Waals surface area (Å²) in [7, 11) is 0. The highest BCUT2D eigenvalue weighted by atomic mass is 16.1. The van der Waals surface area contributed by atoms with Gasteiger partial charge in [0.05, 0.1) is 11.3 Å². The molecular weight excluding hydrogens is 262 g/mol. The topological polar surface area (TPSA) is 78.9 Å². The molecule has 1 amide bonds. The van der Waals surface area contributed by atoms with E-state index in [1.807, 2.05) is 31.2 Å². The number of nitrogens with zero attached hydrogens (tertiary/aromatic N) is 1. The first-order chi connectivity index (χ1) is 10.1. The van der Waals surface area contributed by atoms with Crippen molar-refractivity contribution in [2.75, 3.05) is 11.1 Å². The van der Waals surface area contributed by atoms with Crippen LogP contribution in [0.4, 0.5) is 11.4 Å². The number of anilines is 2. The summed E-state index contributed by atoms with van der Waals surface area (Å²) in [6.45, 7) is 2.02. The minimum Gasteiger partial charge on any atom is -0.399 e. The van der Waals surface area contributed by atoms with E-state index >= 15 is 0 Å². The molecule has 0 aliphatic carbocycles. The van der Waals surface area contributed by atoms with Crippen LogP contribution in [0.5, 0.6) is 0 Å². The van der Waals surface area contributed by atoms with Crippen molar-refractivity contribution in [1.29, 1.82) is 5.26 Å². The Morgan fingerprint density at radius 2 is 2.10 bits per heavy atom. The maximum atomic E-state index is 12.0. The molecule has 0 heterocycles. The van der Waals surface area contributed by atoms with Crippen LogP contribution in [0, 0.1) is 18.3 Å². The van der Waals surface area contributed by atoms with Gasteiger partial charge >= 0.3 is 0 Å². The summed E-state index contributed by atoms with van der Waals surface area (Å²) in [5.41, 5.74) is 9.30. The molecule has 0 bridgehead atoms. The molecule has 0 radical (unpaired) electrons. The van der Waals surface area contributed by atoms with Crippen LogP contribution in [0.3, 0.4) is 0 Å². The molecule has 21 heavy (non-hydrogen) atoms. The number of carbonyl (C=O) groups is 1. The Hall–Kier alpha value is -2.80. The van der Waals surface area contributed by atoms with Crippen LogP contribution >= 0.6 is 0 Å². The molecule has 4 heteroatoms. The number of rotatable bonds is 4. The molecule has 0 saturated heterocycles. The van der Waals surface area contributed by atoms with Gasteiger partial charge in [0, 0.05) is 12.1 Å². The van der Waals surface area contributed by atoms with Gasteiger partial charge in [0.15, 0.2) is 0 Å². The summed E-state index contributed by atoms with van der Waals surface area (Å²) in [6.07, 6.45) is 1.04. The molecule has 0 fully saturated rings. The summed E-state index contributed by atoms with van der Waals surface area (Å²) in [4.78, 5) is 12.0. The zero-order valence-electron chi connectivity index (χ0n) is 11.9. The summed E-state index contributed by atoms with van der Waals surface area (Å²) in [6, 6.07) is 15.0. The average molecular weight is 279 g/mol. The zero-order chi connectivity index (χ0) is 15.2. The smallest absolute Gasteiger partial charge is 0.224 e. The number of amides is 1. The molecule has 106 valence electrons. The van der Waals surface area contributed by atoms with Crippen LogP contribution in [0.15, 0.2) is 42.5 Å². The van der Waals surface area contributed by atoms with Gasteiger partial charge in [-0.25, -0.2) is 0 Å². The van der Waals surface area contributed by atoms with Crippen molar-refractivity contribution in [1.82, 2.24) is 0 Å². The van der Waals surface area contributed by atoms with Crippen LogP contribution < -0.4 is 11.1 Å². The normalized spacial score (nSPS) is 9.90. The quantitative estimate of drug-likeness (QED) is 0.844. The summed E-state index contributed by atoms with van der Waals surface area (Å²) < 4.78 is 0. The van der Waals surface area contributed by atoms with Gasteiger partial charge in [-0.3, -0.25) is 4.79 Å². The van der Waals surface area contributed by atoms with Gasteiger partial charge in [0.1, 0.15) is 6.07 Å². The van der Waals surface area contributed by atoms with Crippen molar-refractivity contribution in [2.45, 2.75) is 19.8 Å². The van der Waals surface area contributed by atoms with Crippen molar-refractivity contribution in [2.24, 2.45) is 0 Å². The van der Waals surface area contributed by atoms with Gasteiger partial charge in [0.2, 0.25) is 5.91 Å². The first kappa shape index (κ1) is 14.6. The summed E-state index contributed by atoms with van der Waals surface area (Å²) in [5.74, 6) is -0.113. The largest absolute Gasteiger partial charge is 0.399 e. The minimum atomic E-state index is -0.113. The van der Waals surface area contributed by atoms with E-state index in [4.69, 9.17) is 11.0 Å². The zero-order valence-corrected chi connectivity index (χ0v) is 11.9. The summed E-state index contributed by atoms with van der Waals surface area (Å²) in [5, 5.41) is 11.8. The molecule has 3 N–H and O–H groups in total. The van der Waals surface area contributed by atoms with Gasteiger partial charge in [-0.2, -0.15) is 5.26 Å². The number of nitrogens with one attached hydrogen (secondary N) is 1. The van der Waals surface area contributed by atoms with Gasteiger partial charge in [0.25, 0.3) is 0 Å². The Morgan fingerprint density at radius 3 is 2.81 bits per heavy atom. The second-order valence-electron chi connectivity index (χ2n) is 4.95.